The molecule has 2 atom stereocenters. The van der Waals surface area contributed by atoms with Gasteiger partial charge in [0.1, 0.15) is 5.60 Å². The Kier molecular flexibility index (Phi) is 5.84. The monoisotopic (exact) mass is 448 g/mol. The van der Waals surface area contributed by atoms with Crippen molar-refractivity contribution in [3.05, 3.63) is 53.9 Å². The van der Waals surface area contributed by atoms with Crippen LogP contribution >= 0.6 is 0 Å². The van der Waals surface area contributed by atoms with Gasteiger partial charge in [-0.2, -0.15) is 4.98 Å². The summed E-state index contributed by atoms with van der Waals surface area (Å²) < 4.78 is 7.35. The average molecular weight is 449 g/mol. The molecule has 0 aliphatic carbocycles. The van der Waals surface area contributed by atoms with Gasteiger partial charge >= 0.3 is 0 Å². The number of aliphatic hydroxyl groups is 1. The minimum Gasteiger partial charge on any atom is -0.384 e. The molecule has 0 amide bonds. The number of hydrogen-bond donors (Lipinski definition) is 2. The number of anilines is 1. The number of benzene rings is 1. The largest absolute Gasteiger partial charge is 0.384 e. The van der Waals surface area contributed by atoms with Crippen molar-refractivity contribution in [1.82, 2.24) is 20.1 Å². The molecule has 1 aromatic carbocycles. The lowest BCUT2D eigenvalue weighted by Gasteiger charge is -2.31. The highest BCUT2D eigenvalue weighted by Crippen LogP contribution is 2.38. The Bertz CT molecular complexity index is 1170. The van der Waals surface area contributed by atoms with E-state index < -0.39 is 11.0 Å². The molecular formula is C24H30N7O2+. The van der Waals surface area contributed by atoms with E-state index in [2.05, 4.69) is 53.1 Å². The maximum Gasteiger partial charge on any atom is 0.245 e. The predicted octanol–water partition coefficient (Wildman–Crippen LogP) is 3.01. The highest BCUT2D eigenvalue weighted by molar-refractivity contribution is 5.88. The van der Waals surface area contributed by atoms with Crippen LogP contribution in [0.15, 0.2) is 46.3 Å². The molecule has 0 fully saturated rings. The van der Waals surface area contributed by atoms with Crippen molar-refractivity contribution in [1.29, 1.82) is 0 Å². The first-order valence-corrected chi connectivity index (χ1v) is 11.0. The number of β-amino-alcohol motifs (C(OH)–C–C–N with tert-alkyl or cyclic N) is 1. The number of nitrogens with two attached hydrogens (primary N) is 1. The number of nitrogens with zero attached hydrogens (tertiary/aromatic N) is 6. The van der Waals surface area contributed by atoms with E-state index in [0.29, 0.717) is 18.3 Å². The summed E-state index contributed by atoms with van der Waals surface area (Å²) in [5, 5.41) is 18.7. The molecule has 2 aromatic heterocycles. The van der Waals surface area contributed by atoms with E-state index in [4.69, 9.17) is 15.2 Å². The fourth-order valence-electron chi connectivity index (χ4n) is 3.84. The molecule has 172 valence electrons. The Morgan fingerprint density at radius 2 is 1.76 bits per heavy atom. The van der Waals surface area contributed by atoms with Crippen LogP contribution in [0.5, 0.6) is 0 Å². The van der Waals surface area contributed by atoms with Crippen LogP contribution in [0.3, 0.4) is 0 Å². The zero-order valence-corrected chi connectivity index (χ0v) is 19.6. The van der Waals surface area contributed by atoms with Crippen molar-refractivity contribution in [3.63, 3.8) is 0 Å². The first kappa shape index (κ1) is 22.7. The van der Waals surface area contributed by atoms with E-state index in [0.717, 1.165) is 16.7 Å². The van der Waals surface area contributed by atoms with E-state index in [9.17, 15) is 5.11 Å². The Balaban J connectivity index is 1.61. The van der Waals surface area contributed by atoms with Crippen molar-refractivity contribution in [2.45, 2.75) is 51.6 Å². The van der Waals surface area contributed by atoms with Gasteiger partial charge in [-0.15, -0.1) is 0 Å². The SMILES string of the molecule is CC(C)[C@](C)(c1ccc(-c2cnc(N)nc2)cc1)c1noc(C2C=N[N+](CC(C)(C)O)=C2)n1. The third kappa shape index (κ3) is 4.68. The van der Waals surface area contributed by atoms with Gasteiger partial charge in [0.05, 0.1) is 11.6 Å². The molecule has 0 saturated heterocycles. The molecule has 0 bridgehead atoms. The summed E-state index contributed by atoms with van der Waals surface area (Å²) in [6.07, 6.45) is 7.06. The molecule has 1 aliphatic rings. The molecule has 0 spiro atoms. The predicted molar refractivity (Wildman–Crippen MR) is 126 cm³/mol. The minimum atomic E-state index is -0.858. The highest BCUT2D eigenvalue weighted by atomic mass is 16.5. The van der Waals surface area contributed by atoms with E-state index in [1.807, 2.05) is 18.3 Å². The maximum atomic E-state index is 10.0. The second kappa shape index (κ2) is 8.47. The van der Waals surface area contributed by atoms with Gasteiger partial charge in [0.2, 0.25) is 18.4 Å². The van der Waals surface area contributed by atoms with Gasteiger partial charge in [-0.3, -0.25) is 0 Å². The van der Waals surface area contributed by atoms with Crippen LogP contribution in [-0.4, -0.2) is 54.5 Å². The van der Waals surface area contributed by atoms with Gasteiger partial charge in [-0.05, 0) is 42.9 Å². The quantitative estimate of drug-likeness (QED) is 0.532. The summed E-state index contributed by atoms with van der Waals surface area (Å²) in [5.41, 5.74) is 7.26. The fourth-order valence-corrected chi connectivity index (χ4v) is 3.84. The highest BCUT2D eigenvalue weighted by Gasteiger charge is 2.39. The van der Waals surface area contributed by atoms with E-state index >= 15 is 0 Å². The first-order chi connectivity index (χ1) is 15.6. The van der Waals surface area contributed by atoms with Crippen LogP contribution in [0, 0.1) is 5.92 Å². The molecule has 9 nitrogen and oxygen atoms in total. The van der Waals surface area contributed by atoms with E-state index in [1.54, 1.807) is 37.1 Å². The fraction of sp³-hybridized carbons (Fsp3) is 0.417. The van der Waals surface area contributed by atoms with Crippen molar-refractivity contribution in [2.75, 3.05) is 12.3 Å². The normalized spacial score (nSPS) is 17.9. The van der Waals surface area contributed by atoms with Gasteiger partial charge in [0, 0.05) is 18.0 Å². The van der Waals surface area contributed by atoms with E-state index in [-0.39, 0.29) is 17.8 Å². The molecule has 1 unspecified atom stereocenters. The molecule has 9 heteroatoms. The van der Waals surface area contributed by atoms with E-state index in [1.165, 1.54) is 0 Å². The lowest BCUT2D eigenvalue weighted by Crippen LogP contribution is -2.31. The smallest absolute Gasteiger partial charge is 0.245 e. The first-order valence-electron chi connectivity index (χ1n) is 11.0. The molecule has 3 aromatic rings. The van der Waals surface area contributed by atoms with Crippen LogP contribution in [0.2, 0.25) is 0 Å². The lowest BCUT2D eigenvalue weighted by atomic mass is 9.72. The van der Waals surface area contributed by atoms with Crippen molar-refractivity contribution >= 4 is 18.4 Å². The number of hydrogen-bond acceptors (Lipinski definition) is 8. The second-order valence-corrected chi connectivity index (χ2v) is 9.57. The number of aromatic nitrogens is 4. The number of nitrogen functional groups attached to an aromatic ring is 1. The van der Waals surface area contributed by atoms with Crippen molar-refractivity contribution < 1.29 is 14.3 Å². The van der Waals surface area contributed by atoms with Gasteiger partial charge in [0.15, 0.2) is 18.0 Å². The van der Waals surface area contributed by atoms with Gasteiger partial charge in [-0.1, -0.05) is 48.0 Å². The van der Waals surface area contributed by atoms with Crippen molar-refractivity contribution in [3.8, 4) is 11.1 Å². The molecule has 33 heavy (non-hydrogen) atoms. The second-order valence-electron chi connectivity index (χ2n) is 9.57. The summed E-state index contributed by atoms with van der Waals surface area (Å²) in [4.78, 5) is 12.9. The molecule has 1 aliphatic heterocycles. The van der Waals surface area contributed by atoms with Crippen LogP contribution in [0.1, 0.15) is 57.8 Å². The van der Waals surface area contributed by atoms with Gasteiger partial charge in [0.25, 0.3) is 0 Å². The van der Waals surface area contributed by atoms with Gasteiger partial charge in [-0.25, -0.2) is 9.97 Å². The summed E-state index contributed by atoms with van der Waals surface area (Å²) >= 11 is 0. The van der Waals surface area contributed by atoms with Crippen LogP contribution in [0.4, 0.5) is 5.95 Å². The molecule has 3 N–H and O–H groups in total. The molecule has 3 heterocycles. The topological polar surface area (TPSA) is 126 Å². The summed E-state index contributed by atoms with van der Waals surface area (Å²) in [7, 11) is 0. The summed E-state index contributed by atoms with van der Waals surface area (Å²) in [6.45, 7) is 10.3. The molecule has 4 rings (SSSR count). The Hall–Kier alpha value is -3.46. The third-order valence-corrected chi connectivity index (χ3v) is 6.09. The zero-order chi connectivity index (χ0) is 23.8. The number of hydrazone groups is 1. The van der Waals surface area contributed by atoms with Gasteiger partial charge < -0.3 is 15.4 Å². The minimum absolute atomic E-state index is 0.210. The van der Waals surface area contributed by atoms with Crippen LogP contribution in [-0.2, 0) is 5.41 Å². The van der Waals surface area contributed by atoms with Crippen LogP contribution in [0.25, 0.3) is 11.1 Å². The molecule has 0 radical (unpaired) electrons. The standard InChI is InChI=1S/C24H30N7O2/c1-15(2)24(5,19-8-6-16(7-9-19)17-10-26-22(25)27-11-17)21-29-20(33-30-21)18-12-28-31(13-18)14-23(3,4)32/h6-13,15,18,32H,14H2,1-5H3,(H2,25,26,27)/q+1/t18?,24-/m1/s1. The third-order valence-electron chi connectivity index (χ3n) is 6.09. The lowest BCUT2D eigenvalue weighted by molar-refractivity contribution is -0.541. The number of rotatable bonds is 7. The Morgan fingerprint density at radius 3 is 2.36 bits per heavy atom. The zero-order valence-electron chi connectivity index (χ0n) is 19.6. The molecule has 0 saturated carbocycles. The Labute approximate surface area is 193 Å². The Morgan fingerprint density at radius 1 is 1.09 bits per heavy atom. The summed E-state index contributed by atoms with van der Waals surface area (Å²) in [6, 6.07) is 8.24. The summed E-state index contributed by atoms with van der Waals surface area (Å²) in [5.74, 6) is 1.34. The average Bonchev–Trinajstić information content (AvgIpc) is 3.42. The molecular weight excluding hydrogens is 418 g/mol. The van der Waals surface area contributed by atoms with Crippen molar-refractivity contribution in [2.24, 2.45) is 11.0 Å². The maximum absolute atomic E-state index is 10.0. The van der Waals surface area contributed by atoms with Crippen LogP contribution < -0.4 is 5.73 Å².